The fraction of sp³-hybridized carbons (Fsp3) is 0.692. The molecule has 1 heterocycles. The van der Waals surface area contributed by atoms with E-state index in [0.29, 0.717) is 5.88 Å². The highest BCUT2D eigenvalue weighted by molar-refractivity contribution is 5.42. The number of nitrogen functional groups attached to an aromatic ring is 1. The largest absolute Gasteiger partial charge is 0.481 e. The molecular formula is C13H22N4O. The number of nitrogens with zero attached hydrogens (tertiary/aromatic N) is 2. The van der Waals surface area contributed by atoms with E-state index >= 15 is 0 Å². The van der Waals surface area contributed by atoms with Gasteiger partial charge in [0.2, 0.25) is 11.8 Å². The molecule has 5 heteroatoms. The van der Waals surface area contributed by atoms with Crippen molar-refractivity contribution < 1.29 is 4.74 Å². The molecule has 2 unspecified atom stereocenters. The zero-order chi connectivity index (χ0) is 13.0. The van der Waals surface area contributed by atoms with Crippen molar-refractivity contribution in [2.45, 2.75) is 32.6 Å². The summed E-state index contributed by atoms with van der Waals surface area (Å²) in [5, 5.41) is 3.34. The number of ether oxygens (including phenoxy) is 1. The third-order valence-electron chi connectivity index (χ3n) is 3.55. The minimum Gasteiger partial charge on any atom is -0.481 e. The van der Waals surface area contributed by atoms with Gasteiger partial charge in [0.15, 0.2) is 0 Å². The Morgan fingerprint density at radius 2 is 2.28 bits per heavy atom. The predicted octanol–water partition coefficient (Wildman–Crippen LogP) is 2.31. The molecule has 1 fully saturated rings. The Morgan fingerprint density at radius 1 is 1.44 bits per heavy atom. The molecule has 1 aliphatic carbocycles. The fourth-order valence-electron chi connectivity index (χ4n) is 2.63. The Hall–Kier alpha value is -1.52. The SMILES string of the molecule is COc1cc(NCC2CCCC(C)C2)nc(N)n1. The molecule has 0 aromatic carbocycles. The summed E-state index contributed by atoms with van der Waals surface area (Å²) in [5.41, 5.74) is 5.62. The molecule has 0 spiro atoms. The monoisotopic (exact) mass is 250 g/mol. The molecule has 1 aromatic rings. The first-order valence-corrected chi connectivity index (χ1v) is 6.59. The molecule has 18 heavy (non-hydrogen) atoms. The van der Waals surface area contributed by atoms with E-state index in [4.69, 9.17) is 10.5 Å². The molecule has 0 amide bonds. The summed E-state index contributed by atoms with van der Waals surface area (Å²) in [5.74, 6) is 3.07. The van der Waals surface area contributed by atoms with Crippen molar-refractivity contribution >= 4 is 11.8 Å². The van der Waals surface area contributed by atoms with E-state index in [-0.39, 0.29) is 5.95 Å². The number of rotatable bonds is 4. The van der Waals surface area contributed by atoms with Crippen LogP contribution in [0.1, 0.15) is 32.6 Å². The Balaban J connectivity index is 1.91. The summed E-state index contributed by atoms with van der Waals surface area (Å²) in [4.78, 5) is 8.12. The number of aromatic nitrogens is 2. The summed E-state index contributed by atoms with van der Waals surface area (Å²) >= 11 is 0. The summed E-state index contributed by atoms with van der Waals surface area (Å²) in [7, 11) is 1.58. The van der Waals surface area contributed by atoms with E-state index in [0.717, 1.165) is 24.2 Å². The van der Waals surface area contributed by atoms with Crippen LogP contribution < -0.4 is 15.8 Å². The zero-order valence-electron chi connectivity index (χ0n) is 11.1. The van der Waals surface area contributed by atoms with Gasteiger partial charge in [-0.1, -0.05) is 19.8 Å². The second-order valence-corrected chi connectivity index (χ2v) is 5.17. The molecule has 2 rings (SSSR count). The van der Waals surface area contributed by atoms with Crippen LogP contribution in [0.3, 0.4) is 0 Å². The number of nitrogens with one attached hydrogen (secondary N) is 1. The highest BCUT2D eigenvalue weighted by atomic mass is 16.5. The van der Waals surface area contributed by atoms with Gasteiger partial charge in [0.05, 0.1) is 7.11 Å². The van der Waals surface area contributed by atoms with Crippen molar-refractivity contribution in [3.8, 4) is 5.88 Å². The minimum atomic E-state index is 0.244. The summed E-state index contributed by atoms with van der Waals surface area (Å²) in [6.07, 6.45) is 5.30. The molecule has 5 nitrogen and oxygen atoms in total. The number of hydrogen-bond acceptors (Lipinski definition) is 5. The van der Waals surface area contributed by atoms with E-state index < -0.39 is 0 Å². The van der Waals surface area contributed by atoms with Crippen molar-refractivity contribution in [1.82, 2.24) is 9.97 Å². The van der Waals surface area contributed by atoms with Crippen LogP contribution in [-0.4, -0.2) is 23.6 Å². The number of nitrogens with two attached hydrogens (primary N) is 1. The minimum absolute atomic E-state index is 0.244. The number of methoxy groups -OCH3 is 1. The van der Waals surface area contributed by atoms with Crippen LogP contribution in [0, 0.1) is 11.8 Å². The molecule has 0 aliphatic heterocycles. The summed E-state index contributed by atoms with van der Waals surface area (Å²) in [6, 6.07) is 1.78. The second-order valence-electron chi connectivity index (χ2n) is 5.17. The van der Waals surface area contributed by atoms with Crippen LogP contribution in [0.25, 0.3) is 0 Å². The highest BCUT2D eigenvalue weighted by Gasteiger charge is 2.18. The molecule has 0 radical (unpaired) electrons. The average Bonchev–Trinajstić information content (AvgIpc) is 2.36. The first-order chi connectivity index (χ1) is 8.67. The van der Waals surface area contributed by atoms with E-state index in [1.165, 1.54) is 25.7 Å². The lowest BCUT2D eigenvalue weighted by molar-refractivity contribution is 0.293. The van der Waals surface area contributed by atoms with Crippen LogP contribution in [0.5, 0.6) is 5.88 Å². The average molecular weight is 250 g/mol. The number of anilines is 2. The van der Waals surface area contributed by atoms with Crippen LogP contribution in [0.4, 0.5) is 11.8 Å². The normalized spacial score (nSPS) is 23.7. The summed E-state index contributed by atoms with van der Waals surface area (Å²) in [6.45, 7) is 3.28. The first kappa shape index (κ1) is 12.9. The summed E-state index contributed by atoms with van der Waals surface area (Å²) < 4.78 is 5.07. The molecule has 1 aromatic heterocycles. The maximum atomic E-state index is 5.62. The molecule has 2 atom stereocenters. The van der Waals surface area contributed by atoms with Gasteiger partial charge in [-0.15, -0.1) is 0 Å². The molecular weight excluding hydrogens is 228 g/mol. The van der Waals surface area contributed by atoms with Crippen LogP contribution in [0.15, 0.2) is 6.07 Å². The van der Waals surface area contributed by atoms with Gasteiger partial charge in [0.25, 0.3) is 0 Å². The van der Waals surface area contributed by atoms with Crippen LogP contribution in [0.2, 0.25) is 0 Å². The Kier molecular flexibility index (Phi) is 4.23. The van der Waals surface area contributed by atoms with Crippen molar-refractivity contribution in [1.29, 1.82) is 0 Å². The van der Waals surface area contributed by atoms with Gasteiger partial charge >= 0.3 is 0 Å². The third kappa shape index (κ3) is 3.48. The van der Waals surface area contributed by atoms with Gasteiger partial charge in [-0.2, -0.15) is 9.97 Å². The molecule has 1 saturated carbocycles. The fourth-order valence-corrected chi connectivity index (χ4v) is 2.63. The first-order valence-electron chi connectivity index (χ1n) is 6.59. The van der Waals surface area contributed by atoms with Crippen LogP contribution >= 0.6 is 0 Å². The molecule has 0 saturated heterocycles. The Bertz CT molecular complexity index is 397. The van der Waals surface area contributed by atoms with Gasteiger partial charge in [-0.3, -0.25) is 0 Å². The van der Waals surface area contributed by atoms with Crippen LogP contribution in [-0.2, 0) is 0 Å². The van der Waals surface area contributed by atoms with E-state index in [9.17, 15) is 0 Å². The smallest absolute Gasteiger partial charge is 0.225 e. The lowest BCUT2D eigenvalue weighted by Crippen LogP contribution is -2.21. The lowest BCUT2D eigenvalue weighted by Gasteiger charge is -2.26. The van der Waals surface area contributed by atoms with Crippen molar-refractivity contribution in [2.75, 3.05) is 24.7 Å². The quantitative estimate of drug-likeness (QED) is 0.857. The van der Waals surface area contributed by atoms with Gasteiger partial charge in [0.1, 0.15) is 5.82 Å². The maximum absolute atomic E-state index is 5.62. The second kappa shape index (κ2) is 5.89. The molecule has 0 bridgehead atoms. The maximum Gasteiger partial charge on any atom is 0.225 e. The third-order valence-corrected chi connectivity index (χ3v) is 3.55. The van der Waals surface area contributed by atoms with Gasteiger partial charge in [-0.25, -0.2) is 0 Å². The van der Waals surface area contributed by atoms with Crippen molar-refractivity contribution in [3.63, 3.8) is 0 Å². The zero-order valence-corrected chi connectivity index (χ0v) is 11.1. The van der Waals surface area contributed by atoms with E-state index in [1.807, 2.05) is 0 Å². The van der Waals surface area contributed by atoms with E-state index in [1.54, 1.807) is 13.2 Å². The Labute approximate surface area is 108 Å². The van der Waals surface area contributed by atoms with E-state index in [2.05, 4.69) is 22.2 Å². The topological polar surface area (TPSA) is 73.1 Å². The highest BCUT2D eigenvalue weighted by Crippen LogP contribution is 2.28. The molecule has 1 aliphatic rings. The van der Waals surface area contributed by atoms with Crippen molar-refractivity contribution in [2.24, 2.45) is 11.8 Å². The van der Waals surface area contributed by atoms with Gasteiger partial charge < -0.3 is 15.8 Å². The molecule has 3 N–H and O–H groups in total. The lowest BCUT2D eigenvalue weighted by atomic mass is 9.82. The molecule has 100 valence electrons. The van der Waals surface area contributed by atoms with Gasteiger partial charge in [-0.05, 0) is 24.7 Å². The predicted molar refractivity (Wildman–Crippen MR) is 72.6 cm³/mol. The van der Waals surface area contributed by atoms with Crippen molar-refractivity contribution in [3.05, 3.63) is 6.07 Å². The van der Waals surface area contributed by atoms with Gasteiger partial charge in [0, 0.05) is 12.6 Å². The Morgan fingerprint density at radius 3 is 3.00 bits per heavy atom. The standard InChI is InChI=1S/C13H22N4O/c1-9-4-3-5-10(6-9)8-15-11-7-12(18-2)17-13(14)16-11/h7,9-10H,3-6,8H2,1-2H3,(H3,14,15,16,17). The number of hydrogen-bond donors (Lipinski definition) is 2.